The van der Waals surface area contributed by atoms with Crippen molar-refractivity contribution in [2.75, 3.05) is 6.54 Å². The van der Waals surface area contributed by atoms with Gasteiger partial charge in [0, 0.05) is 7.05 Å². The summed E-state index contributed by atoms with van der Waals surface area (Å²) in [4.78, 5) is 0. The average molecular weight is 312 g/mol. The van der Waals surface area contributed by atoms with E-state index in [0.29, 0.717) is 6.04 Å². The fourth-order valence-electron chi connectivity index (χ4n) is 3.59. The Morgan fingerprint density at radius 2 is 2.17 bits per heavy atom. The Bertz CT molecular complexity index is 399. The van der Waals surface area contributed by atoms with E-state index in [1.807, 2.05) is 10.9 Å². The SMILES string of the molecule is CCCNC(c1c(Br)cnn1C)C1CC2CC2C1. The molecule has 2 saturated carbocycles. The second kappa shape index (κ2) is 4.97. The van der Waals surface area contributed by atoms with Crippen LogP contribution in [0.2, 0.25) is 0 Å². The first-order chi connectivity index (χ1) is 8.70. The molecule has 0 saturated heterocycles. The number of nitrogens with zero attached hydrogens (tertiary/aromatic N) is 2. The van der Waals surface area contributed by atoms with Crippen LogP contribution in [0.4, 0.5) is 0 Å². The minimum absolute atomic E-state index is 0.472. The van der Waals surface area contributed by atoms with Gasteiger partial charge in [0.2, 0.25) is 0 Å². The molecule has 1 aromatic rings. The highest BCUT2D eigenvalue weighted by Crippen LogP contribution is 2.57. The van der Waals surface area contributed by atoms with Crippen LogP contribution in [0.3, 0.4) is 0 Å². The smallest absolute Gasteiger partial charge is 0.0695 e. The van der Waals surface area contributed by atoms with E-state index in [2.05, 4.69) is 40.3 Å². The summed E-state index contributed by atoms with van der Waals surface area (Å²) < 4.78 is 3.18. The third-order valence-electron chi connectivity index (χ3n) is 4.60. The van der Waals surface area contributed by atoms with Gasteiger partial charge in [-0.05, 0) is 65.9 Å². The standard InChI is InChI=1S/C14H22BrN3/c1-3-4-16-13(11-6-9-5-10(9)7-11)14-12(15)8-17-18(14)2/h8-11,13,16H,3-7H2,1-2H3. The normalized spacial score (nSPS) is 31.4. The molecule has 3 rings (SSSR count). The van der Waals surface area contributed by atoms with Crippen molar-refractivity contribution in [2.24, 2.45) is 24.8 Å². The third-order valence-corrected chi connectivity index (χ3v) is 5.21. The lowest BCUT2D eigenvalue weighted by molar-refractivity contribution is 0.326. The Kier molecular flexibility index (Phi) is 3.50. The molecule has 0 aromatic carbocycles. The first-order valence-electron chi connectivity index (χ1n) is 7.11. The van der Waals surface area contributed by atoms with Crippen LogP contribution in [-0.2, 0) is 7.05 Å². The monoisotopic (exact) mass is 311 g/mol. The number of aromatic nitrogens is 2. The Morgan fingerprint density at radius 3 is 2.72 bits per heavy atom. The second-order valence-electron chi connectivity index (χ2n) is 5.92. The molecule has 3 nitrogen and oxygen atoms in total. The minimum atomic E-state index is 0.472. The molecular formula is C14H22BrN3. The molecule has 4 heteroatoms. The van der Waals surface area contributed by atoms with Gasteiger partial charge >= 0.3 is 0 Å². The van der Waals surface area contributed by atoms with Crippen molar-refractivity contribution < 1.29 is 0 Å². The number of fused-ring (bicyclic) bond motifs is 1. The summed E-state index contributed by atoms with van der Waals surface area (Å²) in [6.45, 7) is 3.32. The number of hydrogen-bond donors (Lipinski definition) is 1. The summed E-state index contributed by atoms with van der Waals surface area (Å²) in [7, 11) is 2.05. The maximum absolute atomic E-state index is 4.38. The van der Waals surface area contributed by atoms with E-state index in [1.165, 1.54) is 31.4 Å². The predicted molar refractivity (Wildman–Crippen MR) is 76.3 cm³/mol. The molecular weight excluding hydrogens is 290 g/mol. The molecule has 0 bridgehead atoms. The Balaban J connectivity index is 1.80. The van der Waals surface area contributed by atoms with Crippen LogP contribution in [0, 0.1) is 17.8 Å². The molecule has 0 amide bonds. The van der Waals surface area contributed by atoms with E-state index in [9.17, 15) is 0 Å². The molecule has 1 heterocycles. The van der Waals surface area contributed by atoms with Crippen LogP contribution in [-0.4, -0.2) is 16.3 Å². The maximum Gasteiger partial charge on any atom is 0.0695 e. The second-order valence-corrected chi connectivity index (χ2v) is 6.77. The van der Waals surface area contributed by atoms with Crippen LogP contribution in [0.5, 0.6) is 0 Å². The van der Waals surface area contributed by atoms with Crippen molar-refractivity contribution in [1.82, 2.24) is 15.1 Å². The predicted octanol–water partition coefficient (Wildman–Crippen LogP) is 3.27. The highest BCUT2D eigenvalue weighted by Gasteiger charge is 2.48. The van der Waals surface area contributed by atoms with Gasteiger partial charge in [-0.25, -0.2) is 0 Å². The molecule has 3 unspecified atom stereocenters. The van der Waals surface area contributed by atoms with E-state index in [-0.39, 0.29) is 0 Å². The minimum Gasteiger partial charge on any atom is -0.308 e. The third kappa shape index (κ3) is 2.25. The summed E-state index contributed by atoms with van der Waals surface area (Å²) in [5.41, 5.74) is 1.33. The number of halogens is 1. The summed E-state index contributed by atoms with van der Waals surface area (Å²) in [5, 5.41) is 8.12. The lowest BCUT2D eigenvalue weighted by atomic mass is 9.92. The highest BCUT2D eigenvalue weighted by atomic mass is 79.9. The molecule has 3 atom stereocenters. The molecule has 2 aliphatic carbocycles. The van der Waals surface area contributed by atoms with Crippen molar-refractivity contribution in [2.45, 2.75) is 38.6 Å². The summed E-state index contributed by atoms with van der Waals surface area (Å²) in [6, 6.07) is 0.472. The van der Waals surface area contributed by atoms with Crippen LogP contribution >= 0.6 is 15.9 Å². The zero-order valence-electron chi connectivity index (χ0n) is 11.2. The van der Waals surface area contributed by atoms with Crippen molar-refractivity contribution >= 4 is 15.9 Å². The molecule has 2 fully saturated rings. The quantitative estimate of drug-likeness (QED) is 0.904. The van der Waals surface area contributed by atoms with Gasteiger partial charge in [0.05, 0.1) is 22.4 Å². The first-order valence-corrected chi connectivity index (χ1v) is 7.90. The molecule has 100 valence electrons. The number of hydrogen-bond acceptors (Lipinski definition) is 2. The summed E-state index contributed by atoms with van der Waals surface area (Å²) in [6.07, 6.45) is 7.41. The van der Waals surface area contributed by atoms with Gasteiger partial charge in [-0.2, -0.15) is 5.10 Å². The van der Waals surface area contributed by atoms with Crippen LogP contribution < -0.4 is 5.32 Å². The van der Waals surface area contributed by atoms with Crippen molar-refractivity contribution in [3.8, 4) is 0 Å². The topological polar surface area (TPSA) is 29.9 Å². The molecule has 0 radical (unpaired) electrons. The Hall–Kier alpha value is -0.350. The molecule has 18 heavy (non-hydrogen) atoms. The lowest BCUT2D eigenvalue weighted by Gasteiger charge is -2.26. The molecule has 0 spiro atoms. The van der Waals surface area contributed by atoms with E-state index >= 15 is 0 Å². The first kappa shape index (κ1) is 12.7. The van der Waals surface area contributed by atoms with Crippen LogP contribution in [0.15, 0.2) is 10.7 Å². The fourth-order valence-corrected chi connectivity index (χ4v) is 4.19. The van der Waals surface area contributed by atoms with Crippen LogP contribution in [0.25, 0.3) is 0 Å². The van der Waals surface area contributed by atoms with Gasteiger partial charge in [0.25, 0.3) is 0 Å². The summed E-state index contributed by atoms with van der Waals surface area (Å²) >= 11 is 3.66. The molecule has 0 aliphatic heterocycles. The van der Waals surface area contributed by atoms with E-state index in [1.54, 1.807) is 0 Å². The number of nitrogens with one attached hydrogen (secondary N) is 1. The van der Waals surface area contributed by atoms with Gasteiger partial charge < -0.3 is 5.32 Å². The molecule has 1 aromatic heterocycles. The fraction of sp³-hybridized carbons (Fsp3) is 0.786. The zero-order chi connectivity index (χ0) is 12.7. The van der Waals surface area contributed by atoms with Gasteiger partial charge in [0.1, 0.15) is 0 Å². The molecule has 2 aliphatic rings. The van der Waals surface area contributed by atoms with Gasteiger partial charge in [-0.1, -0.05) is 6.92 Å². The Labute approximate surface area is 117 Å². The highest BCUT2D eigenvalue weighted by molar-refractivity contribution is 9.10. The average Bonchev–Trinajstić information content (AvgIpc) is 2.83. The van der Waals surface area contributed by atoms with Crippen molar-refractivity contribution in [1.29, 1.82) is 0 Å². The number of aryl methyl sites for hydroxylation is 1. The zero-order valence-corrected chi connectivity index (χ0v) is 12.8. The van der Waals surface area contributed by atoms with Crippen LogP contribution in [0.1, 0.15) is 44.3 Å². The van der Waals surface area contributed by atoms with E-state index in [0.717, 1.165) is 28.8 Å². The van der Waals surface area contributed by atoms with E-state index < -0.39 is 0 Å². The van der Waals surface area contributed by atoms with Gasteiger partial charge in [0.15, 0.2) is 0 Å². The number of rotatable bonds is 5. The lowest BCUT2D eigenvalue weighted by Crippen LogP contribution is -2.30. The molecule has 1 N–H and O–H groups in total. The Morgan fingerprint density at radius 1 is 1.44 bits per heavy atom. The maximum atomic E-state index is 4.38. The van der Waals surface area contributed by atoms with Crippen molar-refractivity contribution in [3.05, 3.63) is 16.4 Å². The van der Waals surface area contributed by atoms with E-state index in [4.69, 9.17) is 0 Å². The largest absolute Gasteiger partial charge is 0.308 e. The van der Waals surface area contributed by atoms with Crippen molar-refractivity contribution in [3.63, 3.8) is 0 Å². The van der Waals surface area contributed by atoms with Gasteiger partial charge in [-0.3, -0.25) is 4.68 Å². The summed E-state index contributed by atoms with van der Waals surface area (Å²) in [5.74, 6) is 2.87. The van der Waals surface area contributed by atoms with Gasteiger partial charge in [-0.15, -0.1) is 0 Å².